The summed E-state index contributed by atoms with van der Waals surface area (Å²) in [5.74, 6) is 2.70. The number of rotatable bonds is 22. The van der Waals surface area contributed by atoms with Crippen LogP contribution in [0.3, 0.4) is 0 Å². The van der Waals surface area contributed by atoms with Crippen LogP contribution in [0.4, 0.5) is 0 Å². The van der Waals surface area contributed by atoms with Crippen LogP contribution < -0.4 is 0 Å². The van der Waals surface area contributed by atoms with Gasteiger partial charge in [-0.2, -0.15) is 0 Å². The Bertz CT molecular complexity index is 267. The fourth-order valence-corrected chi connectivity index (χ4v) is 5.43. The maximum Gasteiger partial charge on any atom is 0.125 e. The topological polar surface area (TPSA) is 0 Å². The molecule has 164 valence electrons. The van der Waals surface area contributed by atoms with Crippen LogP contribution in [-0.4, -0.2) is 35.7 Å². The largest absolute Gasteiger partial charge is 0.316 e. The SMILES string of the molecule is CCCCCCCCCCCCCCCCCCSC[N+](CC)(CC)CC. The van der Waals surface area contributed by atoms with Gasteiger partial charge in [0, 0.05) is 0 Å². The molecule has 0 heterocycles. The molecule has 0 N–H and O–H groups in total. The maximum absolute atomic E-state index is 2.35. The Kier molecular flexibility index (Phi) is 21.3. The summed E-state index contributed by atoms with van der Waals surface area (Å²) >= 11 is 2.19. The molecular formula is C25H54NS+. The van der Waals surface area contributed by atoms with E-state index in [0.717, 1.165) is 0 Å². The lowest BCUT2D eigenvalue weighted by Gasteiger charge is -2.35. The third-order valence-corrected chi connectivity index (χ3v) is 7.83. The van der Waals surface area contributed by atoms with Crippen molar-refractivity contribution in [3.8, 4) is 0 Å². The molecule has 0 rings (SSSR count). The highest BCUT2D eigenvalue weighted by atomic mass is 32.2. The van der Waals surface area contributed by atoms with Gasteiger partial charge in [0.05, 0.1) is 19.6 Å². The summed E-state index contributed by atoms with van der Waals surface area (Å²) < 4.78 is 1.30. The zero-order valence-electron chi connectivity index (χ0n) is 19.7. The molecule has 0 radical (unpaired) electrons. The van der Waals surface area contributed by atoms with Crippen LogP contribution >= 0.6 is 11.8 Å². The lowest BCUT2D eigenvalue weighted by atomic mass is 10.0. The van der Waals surface area contributed by atoms with E-state index >= 15 is 0 Å². The van der Waals surface area contributed by atoms with E-state index in [-0.39, 0.29) is 0 Å². The summed E-state index contributed by atoms with van der Waals surface area (Å²) in [7, 11) is 0. The summed E-state index contributed by atoms with van der Waals surface area (Å²) in [5.41, 5.74) is 0. The lowest BCUT2D eigenvalue weighted by molar-refractivity contribution is -0.911. The van der Waals surface area contributed by atoms with Gasteiger partial charge in [0.15, 0.2) is 0 Å². The number of quaternary nitrogens is 1. The van der Waals surface area contributed by atoms with Crippen LogP contribution in [0, 0.1) is 0 Å². The second-order valence-corrected chi connectivity index (χ2v) is 9.71. The van der Waals surface area contributed by atoms with Gasteiger partial charge in [-0.25, -0.2) is 0 Å². The van der Waals surface area contributed by atoms with Gasteiger partial charge < -0.3 is 4.48 Å². The molecule has 2 heteroatoms. The molecular weight excluding hydrogens is 346 g/mol. The summed E-state index contributed by atoms with van der Waals surface area (Å²) in [6.45, 7) is 13.2. The molecule has 0 aliphatic carbocycles. The van der Waals surface area contributed by atoms with Crippen molar-refractivity contribution in [2.24, 2.45) is 0 Å². The summed E-state index contributed by atoms with van der Waals surface area (Å²) in [5, 5.41) is 0. The van der Waals surface area contributed by atoms with Crippen molar-refractivity contribution < 1.29 is 4.48 Å². The van der Waals surface area contributed by atoms with Crippen molar-refractivity contribution >= 4 is 11.8 Å². The fraction of sp³-hybridized carbons (Fsp3) is 1.00. The Morgan fingerprint density at radius 1 is 0.444 bits per heavy atom. The van der Waals surface area contributed by atoms with Crippen molar-refractivity contribution in [2.75, 3.05) is 31.3 Å². The minimum absolute atomic E-state index is 1.29. The standard InChI is InChI=1S/C25H54NS/c1-5-9-10-11-12-13-14-15-16-17-18-19-20-21-22-23-24-27-25-26(6-2,7-3)8-4/h5-25H2,1-4H3/q+1. The molecule has 0 aromatic heterocycles. The van der Waals surface area contributed by atoms with Gasteiger partial charge in [-0.1, -0.05) is 103 Å². The van der Waals surface area contributed by atoms with Crippen molar-refractivity contribution in [3.05, 3.63) is 0 Å². The van der Waals surface area contributed by atoms with Crippen molar-refractivity contribution in [1.29, 1.82) is 0 Å². The van der Waals surface area contributed by atoms with Crippen LogP contribution in [0.1, 0.15) is 130 Å². The van der Waals surface area contributed by atoms with Crippen molar-refractivity contribution in [2.45, 2.75) is 130 Å². The van der Waals surface area contributed by atoms with Gasteiger partial charge >= 0.3 is 0 Å². The van der Waals surface area contributed by atoms with Gasteiger partial charge in [0.1, 0.15) is 5.88 Å². The van der Waals surface area contributed by atoms with Gasteiger partial charge in [-0.3, -0.25) is 0 Å². The predicted molar refractivity (Wildman–Crippen MR) is 129 cm³/mol. The molecule has 0 bridgehead atoms. The predicted octanol–water partition coefficient (Wildman–Crippen LogP) is 8.82. The zero-order chi connectivity index (χ0) is 20.1. The van der Waals surface area contributed by atoms with Gasteiger partial charge in [0.2, 0.25) is 0 Å². The van der Waals surface area contributed by atoms with Crippen molar-refractivity contribution in [1.82, 2.24) is 0 Å². The fourth-order valence-electron chi connectivity index (χ4n) is 3.96. The summed E-state index contributed by atoms with van der Waals surface area (Å²) in [4.78, 5) is 0. The lowest BCUT2D eigenvalue weighted by Crippen LogP contribution is -2.47. The van der Waals surface area contributed by atoms with Crippen LogP contribution in [-0.2, 0) is 0 Å². The second kappa shape index (κ2) is 21.0. The average molecular weight is 401 g/mol. The number of nitrogens with zero attached hydrogens (tertiary/aromatic N) is 1. The van der Waals surface area contributed by atoms with E-state index in [2.05, 4.69) is 39.5 Å². The highest BCUT2D eigenvalue weighted by molar-refractivity contribution is 7.99. The number of thioether (sulfide) groups is 1. The molecule has 0 unspecified atom stereocenters. The minimum Gasteiger partial charge on any atom is -0.316 e. The number of unbranched alkanes of at least 4 members (excludes halogenated alkanes) is 15. The first-order valence-electron chi connectivity index (χ1n) is 12.7. The first-order chi connectivity index (χ1) is 13.2. The molecule has 0 spiro atoms. The third kappa shape index (κ3) is 16.9. The van der Waals surface area contributed by atoms with Crippen LogP contribution in [0.15, 0.2) is 0 Å². The van der Waals surface area contributed by atoms with Crippen LogP contribution in [0.2, 0.25) is 0 Å². The monoisotopic (exact) mass is 400 g/mol. The average Bonchev–Trinajstić information content (AvgIpc) is 2.70. The van der Waals surface area contributed by atoms with Gasteiger partial charge in [0.25, 0.3) is 0 Å². The van der Waals surface area contributed by atoms with E-state index < -0.39 is 0 Å². The smallest absolute Gasteiger partial charge is 0.125 e. The highest BCUT2D eigenvalue weighted by Crippen LogP contribution is 2.17. The molecule has 0 aliphatic rings. The highest BCUT2D eigenvalue weighted by Gasteiger charge is 2.19. The normalized spacial score (nSPS) is 12.0. The van der Waals surface area contributed by atoms with Gasteiger partial charge in [-0.05, 0) is 32.9 Å². The molecule has 0 aliphatic heterocycles. The molecule has 0 saturated heterocycles. The Balaban J connectivity index is 3.19. The molecule has 0 aromatic rings. The molecule has 0 saturated carbocycles. The Hall–Kier alpha value is 0.310. The van der Waals surface area contributed by atoms with Crippen molar-refractivity contribution in [3.63, 3.8) is 0 Å². The quantitative estimate of drug-likeness (QED) is 0.0993. The first kappa shape index (κ1) is 27.3. The zero-order valence-corrected chi connectivity index (χ0v) is 20.5. The third-order valence-electron chi connectivity index (χ3n) is 6.52. The van der Waals surface area contributed by atoms with Crippen LogP contribution in [0.25, 0.3) is 0 Å². The van der Waals surface area contributed by atoms with E-state index in [0.29, 0.717) is 0 Å². The number of hydrogen-bond acceptors (Lipinski definition) is 1. The number of hydrogen-bond donors (Lipinski definition) is 0. The van der Waals surface area contributed by atoms with E-state index in [4.69, 9.17) is 0 Å². The Labute approximate surface area is 178 Å². The Morgan fingerprint density at radius 2 is 0.778 bits per heavy atom. The van der Waals surface area contributed by atoms with Gasteiger partial charge in [-0.15, -0.1) is 11.8 Å². The summed E-state index contributed by atoms with van der Waals surface area (Å²) in [6, 6.07) is 0. The van der Waals surface area contributed by atoms with E-state index in [9.17, 15) is 0 Å². The molecule has 27 heavy (non-hydrogen) atoms. The second-order valence-electron chi connectivity index (χ2n) is 8.63. The van der Waals surface area contributed by atoms with E-state index in [1.165, 1.54) is 138 Å². The first-order valence-corrected chi connectivity index (χ1v) is 13.8. The summed E-state index contributed by atoms with van der Waals surface area (Å²) in [6.07, 6.45) is 23.4. The molecule has 1 nitrogen and oxygen atoms in total. The molecule has 0 atom stereocenters. The maximum atomic E-state index is 2.35. The molecule has 0 amide bonds. The molecule has 0 fully saturated rings. The minimum atomic E-state index is 1.29. The molecule has 0 aromatic carbocycles. The van der Waals surface area contributed by atoms with E-state index in [1.807, 2.05) is 0 Å². The van der Waals surface area contributed by atoms with Crippen LogP contribution in [0.5, 0.6) is 0 Å². The Morgan fingerprint density at radius 3 is 1.11 bits per heavy atom. The van der Waals surface area contributed by atoms with E-state index in [1.54, 1.807) is 0 Å².